The maximum Gasteiger partial charge on any atom is 0.435 e. The zero-order valence-electron chi connectivity index (χ0n) is 25.7. The Morgan fingerprint density at radius 2 is 1.46 bits per heavy atom. The van der Waals surface area contributed by atoms with E-state index >= 15 is 0 Å². The highest BCUT2D eigenvalue weighted by atomic mass is 32.1. The highest BCUT2D eigenvalue weighted by Crippen LogP contribution is 2.33. The molecule has 41 heavy (non-hydrogen) atoms. The number of carbonyl (C=O) groups is 3. The molecular formula is C27H38FN5O6S2. The Labute approximate surface area is 248 Å². The van der Waals surface area contributed by atoms with E-state index in [4.69, 9.17) is 21.3 Å². The van der Waals surface area contributed by atoms with Gasteiger partial charge in [0.05, 0.1) is 30.2 Å². The summed E-state index contributed by atoms with van der Waals surface area (Å²) in [7, 11) is -1.00. The molecule has 14 heteroatoms. The van der Waals surface area contributed by atoms with Crippen LogP contribution in [0.4, 0.5) is 24.6 Å². The molecule has 1 aliphatic heterocycles. The molecule has 0 atom stereocenters. The first-order valence-electron chi connectivity index (χ1n) is 13.2. The van der Waals surface area contributed by atoms with Crippen LogP contribution in [-0.4, -0.2) is 57.9 Å². The van der Waals surface area contributed by atoms with E-state index in [0.29, 0.717) is 21.0 Å². The van der Waals surface area contributed by atoms with Gasteiger partial charge in [-0.1, -0.05) is 0 Å². The minimum Gasteiger partial charge on any atom is -0.443 e. The van der Waals surface area contributed by atoms with Gasteiger partial charge in [-0.15, -0.1) is 27.8 Å². The molecule has 4 heterocycles. The molecule has 11 nitrogen and oxygen atoms in total. The van der Waals surface area contributed by atoms with Crippen molar-refractivity contribution in [3.63, 3.8) is 0 Å². The average Bonchev–Trinajstić information content (AvgIpc) is 3.56. The highest BCUT2D eigenvalue weighted by molar-refractivity contribution is 7.17. The van der Waals surface area contributed by atoms with Gasteiger partial charge in [0.25, 0.3) is 0 Å². The summed E-state index contributed by atoms with van der Waals surface area (Å²) in [6.07, 6.45) is -2.65. The molecule has 0 saturated heterocycles. The molecule has 0 fully saturated rings. The van der Waals surface area contributed by atoms with Crippen molar-refractivity contribution in [1.82, 2.24) is 9.78 Å². The number of rotatable bonds is 1. The monoisotopic (exact) mass is 612 g/mol. The molecule has 2 amide bonds. The third-order valence-corrected chi connectivity index (χ3v) is 6.48. The van der Waals surface area contributed by atoms with Gasteiger partial charge in [0, 0.05) is 0 Å². The molecule has 0 radical (unpaired) electrons. The van der Waals surface area contributed by atoms with Crippen LogP contribution in [0.15, 0.2) is 27.9 Å². The van der Waals surface area contributed by atoms with Crippen molar-refractivity contribution in [2.45, 2.75) is 85.7 Å². The van der Waals surface area contributed by atoms with Crippen LogP contribution < -0.4 is 10.6 Å². The number of amidine groups is 1. The van der Waals surface area contributed by atoms with Gasteiger partial charge in [-0.3, -0.25) is 9.38 Å². The average molecular weight is 613 g/mol. The number of aliphatic imine (C=N–C) groups is 1. The number of nitrogens with two attached hydrogens (primary N) is 1. The molecule has 1 aliphatic rings. The van der Waals surface area contributed by atoms with Crippen molar-refractivity contribution >= 4 is 62.8 Å². The number of fused-ring (bicyclic) bond motifs is 2. The number of anilines is 1. The van der Waals surface area contributed by atoms with Gasteiger partial charge in [-0.2, -0.15) is 9.58 Å². The number of alkyl halides is 1. The maximum absolute atomic E-state index is 12.9. The first-order chi connectivity index (χ1) is 19.3. The van der Waals surface area contributed by atoms with Crippen LogP contribution in [0.5, 0.6) is 0 Å². The predicted molar refractivity (Wildman–Crippen MR) is 160 cm³/mol. The molecule has 2 N–H and O–H groups in total. The molecule has 0 aromatic carbocycles. The number of amides is 2. The molecule has 0 unspecified atom stereocenters. The lowest BCUT2D eigenvalue weighted by molar-refractivity contribution is 0.0421. The minimum absolute atomic E-state index is 0.0608. The van der Waals surface area contributed by atoms with E-state index < -0.39 is 42.2 Å². The fourth-order valence-corrected chi connectivity index (χ4v) is 4.89. The summed E-state index contributed by atoms with van der Waals surface area (Å²) in [6.45, 7) is 16.0. The predicted octanol–water partition coefficient (Wildman–Crippen LogP) is 7.11. The van der Waals surface area contributed by atoms with Crippen LogP contribution in [0.2, 0.25) is 0 Å². The second kappa shape index (κ2) is 13.0. The van der Waals surface area contributed by atoms with Gasteiger partial charge in [0.2, 0.25) is 0 Å². The van der Waals surface area contributed by atoms with E-state index in [1.807, 2.05) is 5.38 Å². The van der Waals surface area contributed by atoms with Gasteiger partial charge in [0.15, 0.2) is 5.82 Å². The Morgan fingerprint density at radius 3 is 1.95 bits per heavy atom. The SMILES string of the molecule is CC(C)(C)OC(=O)N(C(=O)OC(C)(C)C)c1nn(C(=O)OC(C)(C)C)c2ccsc12.NC1=NCc2ccsc21.[2H]CF. The number of aromatic nitrogens is 2. The third-order valence-electron chi connectivity index (χ3n) is 4.60. The first-order valence-corrected chi connectivity index (χ1v) is 14.2. The Balaban J connectivity index is 0.000000421. The molecule has 0 bridgehead atoms. The maximum atomic E-state index is 12.9. The molecular weight excluding hydrogens is 573 g/mol. The van der Waals surface area contributed by atoms with Gasteiger partial charge >= 0.3 is 18.3 Å². The molecule has 226 valence electrons. The Morgan fingerprint density at radius 1 is 0.951 bits per heavy atom. The normalized spacial score (nSPS) is 13.0. The largest absolute Gasteiger partial charge is 0.443 e. The standard InChI is InChI=1S/C20H29N3O6S.C6H6N2S.CH3F/c1-18(2,3)27-15(24)22(16(25)28-19(4,5)6)14-13-12(10-11-30-13)23(21-14)17(26)29-20(7,8)9;7-6-5-4(3-8-6)1-2-9-5;1-2/h10-11H,1-9H3;1-2H,3H2,(H2,7,8);1H3/i;;1D. The van der Waals surface area contributed by atoms with Crippen molar-refractivity contribution in [1.29, 1.82) is 0 Å². The van der Waals surface area contributed by atoms with Gasteiger partial charge in [0.1, 0.15) is 22.6 Å². The number of imide groups is 1. The summed E-state index contributed by atoms with van der Waals surface area (Å²) in [5.41, 5.74) is 4.76. The first kappa shape index (κ1) is 32.0. The molecule has 0 saturated carbocycles. The van der Waals surface area contributed by atoms with Crippen LogP contribution in [0, 0.1) is 0 Å². The number of ether oxygens (including phenoxy) is 3. The van der Waals surface area contributed by atoms with Crippen molar-refractivity contribution < 1.29 is 34.4 Å². The van der Waals surface area contributed by atoms with E-state index in [1.54, 1.807) is 85.1 Å². The number of thiophene rings is 2. The van der Waals surface area contributed by atoms with Crippen molar-refractivity contribution in [2.24, 2.45) is 10.7 Å². The van der Waals surface area contributed by atoms with Crippen LogP contribution in [0.1, 0.15) is 74.1 Å². The minimum atomic E-state index is -1.00. The number of hydrogen-bond acceptors (Lipinski definition) is 11. The summed E-state index contributed by atoms with van der Waals surface area (Å²) >= 11 is 2.89. The molecule has 3 aromatic rings. The van der Waals surface area contributed by atoms with Crippen molar-refractivity contribution in [3.05, 3.63) is 33.3 Å². The summed E-state index contributed by atoms with van der Waals surface area (Å²) in [4.78, 5) is 44.4. The summed E-state index contributed by atoms with van der Waals surface area (Å²) in [5, 5.41) is 7.98. The fourth-order valence-electron chi connectivity index (χ4n) is 3.21. The lowest BCUT2D eigenvalue weighted by Gasteiger charge is -2.27. The van der Waals surface area contributed by atoms with Gasteiger partial charge < -0.3 is 19.9 Å². The van der Waals surface area contributed by atoms with E-state index in [2.05, 4.69) is 16.2 Å². The molecule has 0 aliphatic carbocycles. The van der Waals surface area contributed by atoms with E-state index in [0.717, 1.165) is 16.1 Å². The lowest BCUT2D eigenvalue weighted by atomic mass is 10.2. The molecule has 3 aromatic heterocycles. The van der Waals surface area contributed by atoms with Crippen LogP contribution in [0.3, 0.4) is 0 Å². The van der Waals surface area contributed by atoms with Crippen LogP contribution >= 0.6 is 22.7 Å². The van der Waals surface area contributed by atoms with Crippen LogP contribution in [0.25, 0.3) is 10.2 Å². The summed E-state index contributed by atoms with van der Waals surface area (Å²) < 4.78 is 33.1. The van der Waals surface area contributed by atoms with Crippen molar-refractivity contribution in [3.8, 4) is 0 Å². The Bertz CT molecular complexity index is 1400. The van der Waals surface area contributed by atoms with Crippen LogP contribution in [-0.2, 0) is 20.8 Å². The van der Waals surface area contributed by atoms with Crippen molar-refractivity contribution in [2.75, 3.05) is 12.1 Å². The number of nitrogens with zero attached hydrogens (tertiary/aromatic N) is 4. The Kier molecular flexibility index (Phi) is 10.1. The smallest absolute Gasteiger partial charge is 0.435 e. The number of halogens is 1. The topological polar surface area (TPSA) is 138 Å². The molecule has 0 spiro atoms. The lowest BCUT2D eigenvalue weighted by Crippen LogP contribution is -2.44. The third kappa shape index (κ3) is 9.25. The number of hydrogen-bond donors (Lipinski definition) is 1. The summed E-state index contributed by atoms with van der Waals surface area (Å²) in [5.74, 6) is 0.648. The van der Waals surface area contributed by atoms with E-state index in [1.165, 1.54) is 16.9 Å². The zero-order chi connectivity index (χ0) is 32.0. The highest BCUT2D eigenvalue weighted by Gasteiger charge is 2.37. The van der Waals surface area contributed by atoms with Gasteiger partial charge in [-0.05, 0) is 90.8 Å². The summed E-state index contributed by atoms with van der Waals surface area (Å²) in [6, 6.07) is 3.73. The van der Waals surface area contributed by atoms with E-state index in [9.17, 15) is 18.8 Å². The fraction of sp³-hybridized carbons (Fsp3) is 0.519. The van der Waals surface area contributed by atoms with E-state index in [-0.39, 0.29) is 5.82 Å². The zero-order valence-corrected chi connectivity index (χ0v) is 26.4. The Hall–Kier alpha value is -3.52. The second-order valence-electron chi connectivity index (χ2n) is 11.6. The second-order valence-corrected chi connectivity index (χ2v) is 13.5. The number of carbonyl (C=O) groups excluding carboxylic acids is 3. The molecule has 4 rings (SSSR count). The quantitative estimate of drug-likeness (QED) is 0.287. The van der Waals surface area contributed by atoms with Gasteiger partial charge in [-0.25, -0.2) is 14.4 Å².